The summed E-state index contributed by atoms with van der Waals surface area (Å²) in [5.41, 5.74) is 0. The number of furan rings is 1. The molecular formula is C15H18N2O4S. The summed E-state index contributed by atoms with van der Waals surface area (Å²) in [5.74, 6) is -0.345. The van der Waals surface area contributed by atoms with Crippen LogP contribution < -0.4 is 10.6 Å². The van der Waals surface area contributed by atoms with Gasteiger partial charge in [0.1, 0.15) is 0 Å². The highest BCUT2D eigenvalue weighted by Gasteiger charge is 2.15. The number of amides is 2. The zero-order chi connectivity index (χ0) is 15.9. The second kappa shape index (κ2) is 7.77. The van der Waals surface area contributed by atoms with Gasteiger partial charge in [-0.25, -0.2) is 0 Å². The molecule has 0 bridgehead atoms. The van der Waals surface area contributed by atoms with E-state index in [9.17, 15) is 9.59 Å². The molecule has 0 radical (unpaired) electrons. The van der Waals surface area contributed by atoms with Crippen LogP contribution in [0.25, 0.3) is 0 Å². The van der Waals surface area contributed by atoms with Crippen LogP contribution in [0.4, 0.5) is 5.00 Å². The largest absolute Gasteiger partial charge is 0.459 e. The highest BCUT2D eigenvalue weighted by Crippen LogP contribution is 2.22. The third-order valence-corrected chi connectivity index (χ3v) is 4.12. The van der Waals surface area contributed by atoms with Gasteiger partial charge in [-0.15, -0.1) is 11.3 Å². The number of anilines is 1. The van der Waals surface area contributed by atoms with Gasteiger partial charge in [-0.1, -0.05) is 6.92 Å². The van der Waals surface area contributed by atoms with Crippen LogP contribution in [0.5, 0.6) is 0 Å². The SMILES string of the molecule is CCC(CCO)NC(=O)c1ccc(NC(=O)c2ccco2)s1. The number of thiophene rings is 1. The van der Waals surface area contributed by atoms with E-state index in [4.69, 9.17) is 9.52 Å². The Kier molecular flexibility index (Phi) is 5.74. The maximum Gasteiger partial charge on any atom is 0.291 e. The first-order valence-electron chi connectivity index (χ1n) is 7.00. The minimum Gasteiger partial charge on any atom is -0.459 e. The highest BCUT2D eigenvalue weighted by molar-refractivity contribution is 7.18. The molecule has 2 aromatic heterocycles. The first kappa shape index (κ1) is 16.3. The number of hydrogen-bond donors (Lipinski definition) is 3. The number of hydrogen-bond acceptors (Lipinski definition) is 5. The van der Waals surface area contributed by atoms with Crippen molar-refractivity contribution in [1.82, 2.24) is 5.32 Å². The van der Waals surface area contributed by atoms with Crippen LogP contribution in [0, 0.1) is 0 Å². The summed E-state index contributed by atoms with van der Waals surface area (Å²) in [7, 11) is 0. The average Bonchev–Trinajstić information content (AvgIpc) is 3.17. The highest BCUT2D eigenvalue weighted by atomic mass is 32.1. The molecule has 1 atom stereocenters. The minimum atomic E-state index is -0.356. The topological polar surface area (TPSA) is 91.6 Å². The van der Waals surface area contributed by atoms with E-state index in [0.717, 1.165) is 6.42 Å². The molecule has 6 nitrogen and oxygen atoms in total. The lowest BCUT2D eigenvalue weighted by molar-refractivity contribution is 0.0932. The molecule has 0 saturated heterocycles. The first-order chi connectivity index (χ1) is 10.6. The fourth-order valence-corrected chi connectivity index (χ4v) is 2.70. The minimum absolute atomic E-state index is 0.0354. The van der Waals surface area contributed by atoms with E-state index in [2.05, 4.69) is 10.6 Å². The van der Waals surface area contributed by atoms with Crippen molar-refractivity contribution in [2.75, 3.05) is 11.9 Å². The van der Waals surface area contributed by atoms with Gasteiger partial charge in [-0.05, 0) is 37.1 Å². The predicted molar refractivity (Wildman–Crippen MR) is 84.2 cm³/mol. The van der Waals surface area contributed by atoms with Gasteiger partial charge >= 0.3 is 0 Å². The van der Waals surface area contributed by atoms with Gasteiger partial charge in [0.05, 0.1) is 16.1 Å². The molecule has 7 heteroatoms. The molecule has 2 rings (SSSR count). The zero-order valence-electron chi connectivity index (χ0n) is 12.2. The fourth-order valence-electron chi connectivity index (χ4n) is 1.90. The Morgan fingerprint density at radius 3 is 2.77 bits per heavy atom. The van der Waals surface area contributed by atoms with Crippen LogP contribution >= 0.6 is 11.3 Å². The summed E-state index contributed by atoms with van der Waals surface area (Å²) < 4.78 is 5.01. The molecular weight excluding hydrogens is 304 g/mol. The lowest BCUT2D eigenvalue weighted by Gasteiger charge is -2.14. The molecule has 2 heterocycles. The molecule has 0 spiro atoms. The monoisotopic (exact) mass is 322 g/mol. The molecule has 1 unspecified atom stereocenters. The van der Waals surface area contributed by atoms with Gasteiger partial charge in [-0.2, -0.15) is 0 Å². The van der Waals surface area contributed by atoms with Gasteiger partial charge in [-0.3, -0.25) is 9.59 Å². The van der Waals surface area contributed by atoms with Gasteiger partial charge in [0.2, 0.25) is 0 Å². The maximum absolute atomic E-state index is 12.1. The van der Waals surface area contributed by atoms with Crippen LogP contribution in [-0.4, -0.2) is 29.6 Å². The van der Waals surface area contributed by atoms with Crippen molar-refractivity contribution in [1.29, 1.82) is 0 Å². The third-order valence-electron chi connectivity index (χ3n) is 3.12. The smallest absolute Gasteiger partial charge is 0.291 e. The molecule has 118 valence electrons. The van der Waals surface area contributed by atoms with Gasteiger partial charge in [0, 0.05) is 12.6 Å². The maximum atomic E-state index is 12.1. The number of carbonyl (C=O) groups excluding carboxylic acids is 2. The van der Waals surface area contributed by atoms with Crippen LogP contribution in [0.3, 0.4) is 0 Å². The fraction of sp³-hybridized carbons (Fsp3) is 0.333. The quantitative estimate of drug-likeness (QED) is 0.730. The molecule has 2 amide bonds. The number of rotatable bonds is 7. The predicted octanol–water partition coefficient (Wildman–Crippen LogP) is 2.48. The molecule has 3 N–H and O–H groups in total. The van der Waals surface area contributed by atoms with E-state index in [1.165, 1.54) is 17.6 Å². The second-order valence-corrected chi connectivity index (χ2v) is 5.77. The Labute approximate surface area is 132 Å². The molecule has 0 aliphatic rings. The zero-order valence-corrected chi connectivity index (χ0v) is 13.0. The standard InChI is InChI=1S/C15H18N2O4S/c1-2-10(7-8-18)16-15(20)12-5-6-13(22-12)17-14(19)11-4-3-9-21-11/h3-6,9-10,18H,2,7-8H2,1H3,(H,16,20)(H,17,19). The lowest BCUT2D eigenvalue weighted by atomic mass is 10.1. The molecule has 2 aromatic rings. The van der Waals surface area contributed by atoms with E-state index < -0.39 is 0 Å². The van der Waals surface area contributed by atoms with E-state index in [1.807, 2.05) is 6.92 Å². The Balaban J connectivity index is 1.95. The summed E-state index contributed by atoms with van der Waals surface area (Å²) in [5, 5.41) is 15.0. The number of aliphatic hydroxyl groups excluding tert-OH is 1. The van der Waals surface area contributed by atoms with Gasteiger partial charge in [0.15, 0.2) is 5.76 Å². The third kappa shape index (κ3) is 4.19. The van der Waals surface area contributed by atoms with E-state index in [1.54, 1.807) is 24.3 Å². The second-order valence-electron chi connectivity index (χ2n) is 4.69. The summed E-state index contributed by atoms with van der Waals surface area (Å²) in [4.78, 5) is 24.4. The van der Waals surface area contributed by atoms with Crippen molar-refractivity contribution in [3.63, 3.8) is 0 Å². The Hall–Kier alpha value is -2.12. The first-order valence-corrected chi connectivity index (χ1v) is 7.82. The van der Waals surface area contributed by atoms with Gasteiger partial charge < -0.3 is 20.2 Å². The van der Waals surface area contributed by atoms with Gasteiger partial charge in [0.25, 0.3) is 11.8 Å². The number of aliphatic hydroxyl groups is 1. The van der Waals surface area contributed by atoms with Crippen LogP contribution in [-0.2, 0) is 0 Å². The van der Waals surface area contributed by atoms with Crippen LogP contribution in [0.15, 0.2) is 34.9 Å². The van der Waals surface area contributed by atoms with Crippen molar-refractivity contribution >= 4 is 28.2 Å². The summed E-state index contributed by atoms with van der Waals surface area (Å²) >= 11 is 1.19. The Morgan fingerprint density at radius 2 is 2.14 bits per heavy atom. The van der Waals surface area contributed by atoms with Crippen LogP contribution in [0.1, 0.15) is 40.0 Å². The van der Waals surface area contributed by atoms with E-state index >= 15 is 0 Å². The summed E-state index contributed by atoms with van der Waals surface area (Å²) in [6.45, 7) is 1.98. The van der Waals surface area contributed by atoms with Crippen molar-refractivity contribution in [3.8, 4) is 0 Å². The van der Waals surface area contributed by atoms with Crippen molar-refractivity contribution in [2.45, 2.75) is 25.8 Å². The van der Waals surface area contributed by atoms with Crippen LogP contribution in [0.2, 0.25) is 0 Å². The Morgan fingerprint density at radius 1 is 1.32 bits per heavy atom. The summed E-state index contributed by atoms with van der Waals surface area (Å²) in [6, 6.07) is 6.48. The van der Waals surface area contributed by atoms with Crippen molar-refractivity contribution < 1.29 is 19.1 Å². The average molecular weight is 322 g/mol. The normalized spacial score (nSPS) is 11.9. The Bertz CT molecular complexity index is 621. The molecule has 0 aliphatic carbocycles. The van der Waals surface area contributed by atoms with Crippen molar-refractivity contribution in [2.24, 2.45) is 0 Å². The summed E-state index contributed by atoms with van der Waals surface area (Å²) in [6.07, 6.45) is 2.70. The number of carbonyl (C=O) groups is 2. The molecule has 0 aromatic carbocycles. The van der Waals surface area contributed by atoms with E-state index in [0.29, 0.717) is 16.3 Å². The molecule has 0 aliphatic heterocycles. The number of nitrogens with one attached hydrogen (secondary N) is 2. The lowest BCUT2D eigenvalue weighted by Crippen LogP contribution is -2.34. The van der Waals surface area contributed by atoms with E-state index in [-0.39, 0.29) is 30.2 Å². The molecule has 0 fully saturated rings. The molecule has 0 saturated carbocycles. The molecule has 22 heavy (non-hydrogen) atoms. The van der Waals surface area contributed by atoms with Crippen molar-refractivity contribution in [3.05, 3.63) is 41.2 Å².